The van der Waals surface area contributed by atoms with Crippen molar-refractivity contribution >= 4 is 38.9 Å². The van der Waals surface area contributed by atoms with E-state index >= 15 is 0 Å². The van der Waals surface area contributed by atoms with Crippen molar-refractivity contribution in [1.29, 1.82) is 0 Å². The van der Waals surface area contributed by atoms with E-state index in [0.717, 1.165) is 5.56 Å². The van der Waals surface area contributed by atoms with Crippen LogP contribution in [0.1, 0.15) is 5.56 Å². The Hall–Kier alpha value is -3.23. The number of amides is 1. The second-order valence-electron chi connectivity index (χ2n) is 6.52. The van der Waals surface area contributed by atoms with Crippen molar-refractivity contribution in [1.82, 2.24) is 0 Å². The average Bonchev–Trinajstić information content (AvgIpc) is 2.75. The molecule has 0 fully saturated rings. The minimum absolute atomic E-state index is 0.121. The Bertz CT molecular complexity index is 1180. The Kier molecular flexibility index (Phi) is 7.04. The second kappa shape index (κ2) is 9.72. The Morgan fingerprint density at radius 1 is 0.968 bits per heavy atom. The molecule has 0 aromatic heterocycles. The largest absolute Gasteiger partial charge is 0.497 e. The molecule has 0 heterocycles. The van der Waals surface area contributed by atoms with Crippen molar-refractivity contribution in [3.8, 4) is 11.5 Å². The van der Waals surface area contributed by atoms with E-state index in [2.05, 4.69) is 10.0 Å². The molecule has 3 aromatic carbocycles. The SMILES string of the molecule is COc1ccc(CC(=O)Nc2ccc(OC)c(S(=O)(=O)Nc3ccccc3Cl)c2)cc1. The maximum atomic E-state index is 12.9. The number of carbonyl (C=O) groups is 1. The molecule has 0 saturated heterocycles. The third-order valence-corrected chi connectivity index (χ3v) is 6.10. The molecule has 31 heavy (non-hydrogen) atoms. The summed E-state index contributed by atoms with van der Waals surface area (Å²) in [6.07, 6.45) is 0.121. The van der Waals surface area contributed by atoms with E-state index in [9.17, 15) is 13.2 Å². The van der Waals surface area contributed by atoms with Gasteiger partial charge in [-0.25, -0.2) is 8.42 Å². The van der Waals surface area contributed by atoms with E-state index in [0.29, 0.717) is 11.4 Å². The van der Waals surface area contributed by atoms with Crippen molar-refractivity contribution in [2.75, 3.05) is 24.3 Å². The van der Waals surface area contributed by atoms with Gasteiger partial charge in [-0.1, -0.05) is 35.9 Å². The number of nitrogens with one attached hydrogen (secondary N) is 2. The number of anilines is 2. The first-order valence-corrected chi connectivity index (χ1v) is 11.1. The molecule has 9 heteroatoms. The quantitative estimate of drug-likeness (QED) is 0.521. The Balaban J connectivity index is 1.80. The van der Waals surface area contributed by atoms with Crippen LogP contribution in [-0.2, 0) is 21.2 Å². The lowest BCUT2D eigenvalue weighted by Crippen LogP contribution is -2.17. The van der Waals surface area contributed by atoms with Gasteiger partial charge in [0.2, 0.25) is 5.91 Å². The van der Waals surface area contributed by atoms with Crippen molar-refractivity contribution < 1.29 is 22.7 Å². The number of rotatable bonds is 8. The maximum Gasteiger partial charge on any atom is 0.265 e. The molecular formula is C22H21ClN2O5S. The van der Waals surface area contributed by atoms with Crippen molar-refractivity contribution in [3.05, 3.63) is 77.3 Å². The van der Waals surface area contributed by atoms with Gasteiger partial charge in [0.1, 0.15) is 16.4 Å². The molecule has 3 aromatic rings. The van der Waals surface area contributed by atoms with E-state index in [1.54, 1.807) is 61.7 Å². The first-order valence-electron chi connectivity index (χ1n) is 9.20. The fraction of sp³-hybridized carbons (Fsp3) is 0.136. The van der Waals surface area contributed by atoms with Gasteiger partial charge in [-0.05, 0) is 48.0 Å². The molecule has 0 radical (unpaired) electrons. The van der Waals surface area contributed by atoms with Gasteiger partial charge in [-0.2, -0.15) is 0 Å². The minimum atomic E-state index is -4.03. The van der Waals surface area contributed by atoms with E-state index in [4.69, 9.17) is 21.1 Å². The van der Waals surface area contributed by atoms with Gasteiger partial charge in [-0.3, -0.25) is 9.52 Å². The predicted molar refractivity (Wildman–Crippen MR) is 121 cm³/mol. The van der Waals surface area contributed by atoms with Crippen LogP contribution in [0.3, 0.4) is 0 Å². The zero-order valence-corrected chi connectivity index (χ0v) is 18.5. The van der Waals surface area contributed by atoms with Crippen molar-refractivity contribution in [2.24, 2.45) is 0 Å². The number of sulfonamides is 1. The summed E-state index contributed by atoms with van der Waals surface area (Å²) >= 11 is 6.06. The van der Waals surface area contributed by atoms with Crippen LogP contribution in [0.25, 0.3) is 0 Å². The molecule has 0 aliphatic heterocycles. The van der Waals surface area contributed by atoms with Gasteiger partial charge >= 0.3 is 0 Å². The number of carbonyl (C=O) groups excluding carboxylic acids is 1. The molecular weight excluding hydrogens is 440 g/mol. The van der Waals surface area contributed by atoms with E-state index < -0.39 is 10.0 Å². The molecule has 0 spiro atoms. The van der Waals surface area contributed by atoms with Crippen molar-refractivity contribution in [3.63, 3.8) is 0 Å². The third-order valence-electron chi connectivity index (χ3n) is 4.38. The number of benzene rings is 3. The molecule has 0 atom stereocenters. The summed E-state index contributed by atoms with van der Waals surface area (Å²) < 4.78 is 38.6. The lowest BCUT2D eigenvalue weighted by molar-refractivity contribution is -0.115. The van der Waals surface area contributed by atoms with Crippen LogP contribution < -0.4 is 19.5 Å². The lowest BCUT2D eigenvalue weighted by atomic mass is 10.1. The van der Waals surface area contributed by atoms with Crippen LogP contribution in [0.15, 0.2) is 71.6 Å². The highest BCUT2D eigenvalue weighted by atomic mass is 35.5. The molecule has 0 saturated carbocycles. The third kappa shape index (κ3) is 5.68. The zero-order valence-electron chi connectivity index (χ0n) is 16.9. The first-order chi connectivity index (χ1) is 14.8. The molecule has 7 nitrogen and oxygen atoms in total. The van der Waals surface area contributed by atoms with Crippen LogP contribution in [0, 0.1) is 0 Å². The number of halogens is 1. The molecule has 162 valence electrons. The minimum Gasteiger partial charge on any atom is -0.497 e. The summed E-state index contributed by atoms with van der Waals surface area (Å²) in [4.78, 5) is 12.3. The van der Waals surface area contributed by atoms with Gasteiger partial charge in [0.15, 0.2) is 0 Å². The number of hydrogen-bond donors (Lipinski definition) is 2. The van der Waals surface area contributed by atoms with Crippen LogP contribution >= 0.6 is 11.6 Å². The summed E-state index contributed by atoms with van der Waals surface area (Å²) in [6.45, 7) is 0. The Morgan fingerprint density at radius 2 is 1.68 bits per heavy atom. The van der Waals surface area contributed by atoms with E-state index in [-0.39, 0.29) is 33.7 Å². The monoisotopic (exact) mass is 460 g/mol. The predicted octanol–water partition coefficient (Wildman–Crippen LogP) is 4.34. The molecule has 2 N–H and O–H groups in total. The molecule has 0 aliphatic carbocycles. The molecule has 3 rings (SSSR count). The van der Waals surface area contributed by atoms with Gasteiger partial charge < -0.3 is 14.8 Å². The van der Waals surface area contributed by atoms with Gasteiger partial charge in [0.25, 0.3) is 10.0 Å². The standard InChI is InChI=1S/C22H21ClN2O5S/c1-29-17-10-7-15(8-11-17)13-22(26)24-16-9-12-20(30-2)21(14-16)31(27,28)25-19-6-4-3-5-18(19)23/h3-12,14,25H,13H2,1-2H3,(H,24,26). The van der Waals surface area contributed by atoms with Crippen molar-refractivity contribution in [2.45, 2.75) is 11.3 Å². The smallest absolute Gasteiger partial charge is 0.265 e. The van der Waals surface area contributed by atoms with Gasteiger partial charge in [0.05, 0.1) is 31.4 Å². The van der Waals surface area contributed by atoms with Gasteiger partial charge in [0, 0.05) is 5.69 Å². The fourth-order valence-corrected chi connectivity index (χ4v) is 4.36. The number of hydrogen-bond acceptors (Lipinski definition) is 5. The van der Waals surface area contributed by atoms with E-state index in [1.165, 1.54) is 19.2 Å². The van der Waals surface area contributed by atoms with Crippen LogP contribution in [-0.4, -0.2) is 28.5 Å². The number of ether oxygens (including phenoxy) is 2. The molecule has 0 unspecified atom stereocenters. The highest BCUT2D eigenvalue weighted by Gasteiger charge is 2.22. The topological polar surface area (TPSA) is 93.7 Å². The summed E-state index contributed by atoms with van der Waals surface area (Å²) in [7, 11) is -1.09. The van der Waals surface area contributed by atoms with Crippen LogP contribution in [0.2, 0.25) is 5.02 Å². The summed E-state index contributed by atoms with van der Waals surface area (Å²) in [6, 6.07) is 18.0. The van der Waals surface area contributed by atoms with Gasteiger partial charge in [-0.15, -0.1) is 0 Å². The first kappa shape index (κ1) is 22.5. The molecule has 1 amide bonds. The van der Waals surface area contributed by atoms with Crippen LogP contribution in [0.5, 0.6) is 11.5 Å². The summed E-state index contributed by atoms with van der Waals surface area (Å²) in [5.74, 6) is 0.533. The number of para-hydroxylation sites is 1. The Labute approximate surface area is 186 Å². The summed E-state index contributed by atoms with van der Waals surface area (Å²) in [5.41, 5.74) is 1.35. The van der Waals surface area contributed by atoms with Crippen LogP contribution in [0.4, 0.5) is 11.4 Å². The Morgan fingerprint density at radius 3 is 2.32 bits per heavy atom. The lowest BCUT2D eigenvalue weighted by Gasteiger charge is -2.14. The zero-order chi connectivity index (χ0) is 22.4. The number of methoxy groups -OCH3 is 2. The van der Waals surface area contributed by atoms with E-state index in [1.807, 2.05) is 0 Å². The normalized spacial score (nSPS) is 10.9. The highest BCUT2D eigenvalue weighted by Crippen LogP contribution is 2.31. The average molecular weight is 461 g/mol. The molecule has 0 aliphatic rings. The fourth-order valence-electron chi connectivity index (χ4n) is 2.84. The highest BCUT2D eigenvalue weighted by molar-refractivity contribution is 7.92. The molecule has 0 bridgehead atoms. The maximum absolute atomic E-state index is 12.9. The summed E-state index contributed by atoms with van der Waals surface area (Å²) in [5, 5.41) is 2.97. The second-order valence-corrected chi connectivity index (χ2v) is 8.58.